The van der Waals surface area contributed by atoms with E-state index < -0.39 is 0 Å². The van der Waals surface area contributed by atoms with E-state index >= 15 is 0 Å². The molecule has 0 bridgehead atoms. The Morgan fingerprint density at radius 1 is 1.14 bits per heavy atom. The number of hydrogen-bond acceptors (Lipinski definition) is 3. The molecule has 2 aliphatic rings. The van der Waals surface area contributed by atoms with E-state index in [4.69, 9.17) is 0 Å². The molecule has 14 heavy (non-hydrogen) atoms. The van der Waals surface area contributed by atoms with Gasteiger partial charge in [0.2, 0.25) is 0 Å². The third-order valence-corrected chi connectivity index (χ3v) is 3.78. The van der Waals surface area contributed by atoms with Gasteiger partial charge >= 0.3 is 0 Å². The molecule has 2 saturated heterocycles. The second-order valence-electron chi connectivity index (χ2n) is 5.05. The highest BCUT2D eigenvalue weighted by atomic mass is 15.3. The van der Waals surface area contributed by atoms with Crippen LogP contribution in [0.15, 0.2) is 0 Å². The van der Waals surface area contributed by atoms with Crippen LogP contribution >= 0.6 is 0 Å². The summed E-state index contributed by atoms with van der Waals surface area (Å²) in [5.41, 5.74) is 0. The zero-order valence-corrected chi connectivity index (χ0v) is 9.66. The number of piperazine rings is 1. The van der Waals surface area contributed by atoms with Gasteiger partial charge in [0.1, 0.15) is 0 Å². The van der Waals surface area contributed by atoms with Crippen molar-refractivity contribution >= 4 is 0 Å². The van der Waals surface area contributed by atoms with Crippen LogP contribution < -0.4 is 5.32 Å². The van der Waals surface area contributed by atoms with Crippen molar-refractivity contribution < 1.29 is 0 Å². The molecule has 2 heterocycles. The van der Waals surface area contributed by atoms with Crippen LogP contribution in [-0.2, 0) is 0 Å². The van der Waals surface area contributed by atoms with E-state index in [0.29, 0.717) is 0 Å². The van der Waals surface area contributed by atoms with Crippen molar-refractivity contribution in [3.05, 3.63) is 0 Å². The van der Waals surface area contributed by atoms with Crippen LogP contribution in [0.1, 0.15) is 13.8 Å². The molecule has 0 aromatic rings. The van der Waals surface area contributed by atoms with Crippen LogP contribution in [-0.4, -0.2) is 61.7 Å². The number of nitrogens with zero attached hydrogens (tertiary/aromatic N) is 2. The maximum atomic E-state index is 3.50. The van der Waals surface area contributed by atoms with Crippen LogP contribution in [0.3, 0.4) is 0 Å². The molecule has 3 unspecified atom stereocenters. The van der Waals surface area contributed by atoms with Gasteiger partial charge in [-0.05, 0) is 26.4 Å². The molecule has 0 radical (unpaired) electrons. The van der Waals surface area contributed by atoms with E-state index in [1.54, 1.807) is 0 Å². The molecule has 0 spiro atoms. The Hall–Kier alpha value is -0.120. The maximum Gasteiger partial charge on any atom is 0.0262 e. The van der Waals surface area contributed by atoms with E-state index in [-0.39, 0.29) is 0 Å². The summed E-state index contributed by atoms with van der Waals surface area (Å²) in [5, 5.41) is 3.50. The van der Waals surface area contributed by atoms with Gasteiger partial charge in [-0.15, -0.1) is 0 Å². The average Bonchev–Trinajstić information content (AvgIpc) is 2.52. The molecule has 82 valence electrons. The molecule has 0 aliphatic carbocycles. The van der Waals surface area contributed by atoms with Gasteiger partial charge in [-0.3, -0.25) is 4.90 Å². The molecule has 0 aromatic heterocycles. The largest absolute Gasteiger partial charge is 0.315 e. The first-order valence-corrected chi connectivity index (χ1v) is 5.83. The van der Waals surface area contributed by atoms with Crippen molar-refractivity contribution in [2.45, 2.75) is 25.9 Å². The first-order valence-electron chi connectivity index (χ1n) is 5.83. The lowest BCUT2D eigenvalue weighted by Crippen LogP contribution is -2.56. The molecule has 2 aliphatic heterocycles. The Labute approximate surface area is 87.4 Å². The summed E-state index contributed by atoms with van der Waals surface area (Å²) in [5.74, 6) is 0.820. The molecular weight excluding hydrogens is 174 g/mol. The highest BCUT2D eigenvalue weighted by Gasteiger charge is 2.33. The minimum Gasteiger partial charge on any atom is -0.315 e. The zero-order valence-electron chi connectivity index (χ0n) is 9.66. The van der Waals surface area contributed by atoms with Crippen LogP contribution in [0.5, 0.6) is 0 Å². The van der Waals surface area contributed by atoms with Gasteiger partial charge in [-0.1, -0.05) is 6.92 Å². The summed E-state index contributed by atoms with van der Waals surface area (Å²) in [6, 6.07) is 1.50. The van der Waals surface area contributed by atoms with Crippen LogP contribution in [0, 0.1) is 5.92 Å². The predicted molar refractivity (Wildman–Crippen MR) is 59.5 cm³/mol. The summed E-state index contributed by atoms with van der Waals surface area (Å²) in [7, 11) is 2.23. The molecular formula is C11H23N3. The summed E-state index contributed by atoms with van der Waals surface area (Å²) < 4.78 is 0. The molecule has 3 nitrogen and oxygen atoms in total. The highest BCUT2D eigenvalue weighted by molar-refractivity contribution is 4.91. The molecule has 3 atom stereocenters. The second kappa shape index (κ2) is 4.17. The van der Waals surface area contributed by atoms with Gasteiger partial charge in [0.25, 0.3) is 0 Å². The van der Waals surface area contributed by atoms with Crippen LogP contribution in [0.25, 0.3) is 0 Å². The average molecular weight is 197 g/mol. The Bertz CT molecular complexity index is 195. The second-order valence-corrected chi connectivity index (χ2v) is 5.05. The SMILES string of the molecule is CC1CNCC1N1CCN(C)CC1C. The Morgan fingerprint density at radius 2 is 1.93 bits per heavy atom. The fraction of sp³-hybridized carbons (Fsp3) is 1.00. The van der Waals surface area contributed by atoms with Gasteiger partial charge in [0.15, 0.2) is 0 Å². The molecule has 2 rings (SSSR count). The highest BCUT2D eigenvalue weighted by Crippen LogP contribution is 2.20. The van der Waals surface area contributed by atoms with Crippen molar-refractivity contribution in [1.82, 2.24) is 15.1 Å². The molecule has 0 saturated carbocycles. The Balaban J connectivity index is 1.96. The van der Waals surface area contributed by atoms with Gasteiger partial charge in [-0.2, -0.15) is 0 Å². The fourth-order valence-corrected chi connectivity index (χ4v) is 2.89. The van der Waals surface area contributed by atoms with Crippen molar-refractivity contribution in [2.75, 3.05) is 39.8 Å². The van der Waals surface area contributed by atoms with Gasteiger partial charge < -0.3 is 10.2 Å². The Kier molecular flexibility index (Phi) is 3.10. The molecule has 3 heteroatoms. The smallest absolute Gasteiger partial charge is 0.0262 e. The third kappa shape index (κ3) is 1.95. The van der Waals surface area contributed by atoms with Gasteiger partial charge in [0.05, 0.1) is 0 Å². The van der Waals surface area contributed by atoms with Crippen LogP contribution in [0.2, 0.25) is 0 Å². The minimum absolute atomic E-state index is 0.723. The van der Waals surface area contributed by atoms with E-state index in [1.807, 2.05) is 0 Å². The van der Waals surface area contributed by atoms with Gasteiger partial charge in [0, 0.05) is 38.3 Å². The normalized spacial score (nSPS) is 41.8. The monoisotopic (exact) mass is 197 g/mol. The third-order valence-electron chi connectivity index (χ3n) is 3.78. The number of nitrogens with one attached hydrogen (secondary N) is 1. The van der Waals surface area contributed by atoms with Crippen molar-refractivity contribution in [2.24, 2.45) is 5.92 Å². The lowest BCUT2D eigenvalue weighted by molar-refractivity contribution is 0.0544. The molecule has 1 N–H and O–H groups in total. The molecule has 0 aromatic carbocycles. The Morgan fingerprint density at radius 3 is 2.50 bits per heavy atom. The predicted octanol–water partition coefficient (Wildman–Crippen LogP) is 0.230. The number of likely N-dealkylation sites (N-methyl/N-ethyl adjacent to an activating group) is 1. The summed E-state index contributed by atoms with van der Waals surface area (Å²) in [6.45, 7) is 10.8. The van der Waals surface area contributed by atoms with Crippen molar-refractivity contribution in [1.29, 1.82) is 0 Å². The lowest BCUT2D eigenvalue weighted by Gasteiger charge is -2.42. The standard InChI is InChI=1S/C11H23N3/c1-9-6-12-7-11(9)14-5-4-13(3)8-10(14)2/h9-12H,4-8H2,1-3H3. The van der Waals surface area contributed by atoms with E-state index in [9.17, 15) is 0 Å². The first kappa shape index (κ1) is 10.4. The fourth-order valence-electron chi connectivity index (χ4n) is 2.89. The summed E-state index contributed by atoms with van der Waals surface area (Å²) >= 11 is 0. The summed E-state index contributed by atoms with van der Waals surface area (Å²) in [4.78, 5) is 5.14. The van der Waals surface area contributed by atoms with E-state index in [0.717, 1.165) is 18.0 Å². The van der Waals surface area contributed by atoms with Crippen molar-refractivity contribution in [3.63, 3.8) is 0 Å². The summed E-state index contributed by atoms with van der Waals surface area (Å²) in [6.07, 6.45) is 0. The number of rotatable bonds is 1. The van der Waals surface area contributed by atoms with E-state index in [2.05, 4.69) is 36.0 Å². The van der Waals surface area contributed by atoms with E-state index in [1.165, 1.54) is 32.7 Å². The lowest BCUT2D eigenvalue weighted by atomic mass is 10.0. The first-order chi connectivity index (χ1) is 6.68. The topological polar surface area (TPSA) is 18.5 Å². The zero-order chi connectivity index (χ0) is 10.1. The quantitative estimate of drug-likeness (QED) is 0.649. The molecule has 2 fully saturated rings. The van der Waals surface area contributed by atoms with Gasteiger partial charge in [-0.25, -0.2) is 0 Å². The minimum atomic E-state index is 0.723. The van der Waals surface area contributed by atoms with Crippen LogP contribution in [0.4, 0.5) is 0 Å². The maximum absolute atomic E-state index is 3.50. The van der Waals surface area contributed by atoms with Crippen molar-refractivity contribution in [3.8, 4) is 0 Å². The number of hydrogen-bond donors (Lipinski definition) is 1. The molecule has 0 amide bonds.